The first kappa shape index (κ1) is 17.0. The van der Waals surface area contributed by atoms with E-state index in [1.165, 1.54) is 11.4 Å². The first-order valence-corrected chi connectivity index (χ1v) is 7.71. The second-order valence-electron chi connectivity index (χ2n) is 4.71. The third-order valence-electron chi connectivity index (χ3n) is 3.30. The number of hydrogen-bond donors (Lipinski definition) is 1. The van der Waals surface area contributed by atoms with Crippen molar-refractivity contribution in [2.45, 2.75) is 33.6 Å². The van der Waals surface area contributed by atoms with Crippen molar-refractivity contribution in [3.8, 4) is 0 Å². The lowest BCUT2D eigenvalue weighted by molar-refractivity contribution is 0.306. The third kappa shape index (κ3) is 5.16. The Bertz CT molecular complexity index is 414. The first-order valence-electron chi connectivity index (χ1n) is 7.34. The molecule has 0 radical (unpaired) electrons. The molecular formula is C16H26ClN3. The highest BCUT2D eigenvalue weighted by molar-refractivity contribution is 6.30. The van der Waals surface area contributed by atoms with Crippen LogP contribution in [-0.2, 0) is 0 Å². The maximum absolute atomic E-state index is 5.98. The Labute approximate surface area is 128 Å². The summed E-state index contributed by atoms with van der Waals surface area (Å²) in [4.78, 5) is 2.33. The highest BCUT2D eigenvalue weighted by Gasteiger charge is 2.11. The molecule has 1 aromatic carbocycles. The third-order valence-corrected chi connectivity index (χ3v) is 3.56. The Morgan fingerprint density at radius 1 is 1.15 bits per heavy atom. The van der Waals surface area contributed by atoms with E-state index in [1.54, 1.807) is 0 Å². The van der Waals surface area contributed by atoms with Gasteiger partial charge in [-0.2, -0.15) is 0 Å². The second kappa shape index (κ2) is 9.01. The summed E-state index contributed by atoms with van der Waals surface area (Å²) in [6.07, 6.45) is 4.32. The molecule has 0 amide bonds. The lowest BCUT2D eigenvalue weighted by atomic mass is 10.2. The van der Waals surface area contributed by atoms with Gasteiger partial charge in [-0.1, -0.05) is 38.4 Å². The zero-order valence-electron chi connectivity index (χ0n) is 12.8. The zero-order chi connectivity index (χ0) is 15.0. The Morgan fingerprint density at radius 3 is 2.30 bits per heavy atom. The van der Waals surface area contributed by atoms with Gasteiger partial charge in [0.1, 0.15) is 0 Å². The number of likely N-dealkylation sites (N-methyl/N-ethyl adjacent to an activating group) is 1. The molecule has 3 nitrogen and oxygen atoms in total. The molecule has 0 bridgehead atoms. The lowest BCUT2D eigenvalue weighted by Gasteiger charge is -2.29. The predicted molar refractivity (Wildman–Crippen MR) is 88.9 cm³/mol. The van der Waals surface area contributed by atoms with Gasteiger partial charge in [-0.25, -0.2) is 5.01 Å². The molecule has 4 heteroatoms. The minimum Gasteiger partial charge on any atom is -0.344 e. The van der Waals surface area contributed by atoms with Gasteiger partial charge < -0.3 is 4.90 Å². The number of halogens is 1. The molecule has 0 unspecified atom stereocenters. The van der Waals surface area contributed by atoms with Gasteiger partial charge in [0, 0.05) is 36.0 Å². The van der Waals surface area contributed by atoms with E-state index in [0.717, 1.165) is 37.5 Å². The molecule has 0 aliphatic rings. The van der Waals surface area contributed by atoms with Crippen LogP contribution >= 0.6 is 11.6 Å². The van der Waals surface area contributed by atoms with Crippen molar-refractivity contribution in [3.63, 3.8) is 0 Å². The van der Waals surface area contributed by atoms with Crippen LogP contribution in [-0.4, -0.2) is 24.6 Å². The fourth-order valence-electron chi connectivity index (χ4n) is 2.13. The molecule has 0 fully saturated rings. The standard InChI is InChI=1S/C16H26ClN3/c1-4-7-15(5-2)20(13-12-19(18)6-3)16-10-8-14(17)9-11-16/h7-11H,4-6,12-13,18H2,1-3H3/b15-7+. The first-order chi connectivity index (χ1) is 9.62. The molecule has 0 atom stereocenters. The molecule has 0 spiro atoms. The summed E-state index contributed by atoms with van der Waals surface area (Å²) in [5, 5.41) is 2.60. The summed E-state index contributed by atoms with van der Waals surface area (Å²) in [6, 6.07) is 7.99. The van der Waals surface area contributed by atoms with E-state index < -0.39 is 0 Å². The number of rotatable bonds is 8. The highest BCUT2D eigenvalue weighted by Crippen LogP contribution is 2.23. The Balaban J connectivity index is 2.93. The summed E-state index contributed by atoms with van der Waals surface area (Å²) in [5.41, 5.74) is 2.50. The van der Waals surface area contributed by atoms with Crippen molar-refractivity contribution in [3.05, 3.63) is 41.1 Å². The summed E-state index contributed by atoms with van der Waals surface area (Å²) < 4.78 is 0. The van der Waals surface area contributed by atoms with Crippen molar-refractivity contribution in [2.24, 2.45) is 5.84 Å². The normalized spacial score (nSPS) is 12.0. The molecule has 2 N–H and O–H groups in total. The summed E-state index contributed by atoms with van der Waals surface area (Å²) in [5.74, 6) is 5.91. The number of benzene rings is 1. The van der Waals surface area contributed by atoms with Crippen LogP contribution < -0.4 is 10.7 Å². The average molecular weight is 296 g/mol. The van der Waals surface area contributed by atoms with Gasteiger partial charge in [0.15, 0.2) is 0 Å². The van der Waals surface area contributed by atoms with Crippen molar-refractivity contribution in [1.82, 2.24) is 5.01 Å². The van der Waals surface area contributed by atoms with Crippen LogP contribution in [0.5, 0.6) is 0 Å². The Morgan fingerprint density at radius 2 is 1.80 bits per heavy atom. The zero-order valence-corrected chi connectivity index (χ0v) is 13.5. The minimum absolute atomic E-state index is 0.764. The fourth-order valence-corrected chi connectivity index (χ4v) is 2.25. The van der Waals surface area contributed by atoms with Gasteiger partial charge in [-0.05, 0) is 37.1 Å². The Kier molecular flexibility index (Phi) is 7.67. The summed E-state index contributed by atoms with van der Waals surface area (Å²) in [6.45, 7) is 8.98. The van der Waals surface area contributed by atoms with Crippen LogP contribution in [0, 0.1) is 0 Å². The number of allylic oxidation sites excluding steroid dienone is 2. The van der Waals surface area contributed by atoms with Gasteiger partial charge >= 0.3 is 0 Å². The molecule has 112 valence electrons. The maximum Gasteiger partial charge on any atom is 0.0409 e. The van der Waals surface area contributed by atoms with Gasteiger partial charge in [-0.3, -0.25) is 5.84 Å². The molecule has 0 aromatic heterocycles. The molecule has 1 rings (SSSR count). The van der Waals surface area contributed by atoms with Crippen LogP contribution in [0.15, 0.2) is 36.0 Å². The average Bonchev–Trinajstić information content (AvgIpc) is 2.47. The topological polar surface area (TPSA) is 32.5 Å². The van der Waals surface area contributed by atoms with Gasteiger partial charge in [0.2, 0.25) is 0 Å². The monoisotopic (exact) mass is 295 g/mol. The van der Waals surface area contributed by atoms with E-state index in [1.807, 2.05) is 17.1 Å². The quantitative estimate of drug-likeness (QED) is 0.580. The van der Waals surface area contributed by atoms with Crippen LogP contribution in [0.4, 0.5) is 5.69 Å². The van der Waals surface area contributed by atoms with E-state index in [9.17, 15) is 0 Å². The molecule has 20 heavy (non-hydrogen) atoms. The number of hydrogen-bond acceptors (Lipinski definition) is 3. The van der Waals surface area contributed by atoms with Crippen molar-refractivity contribution in [1.29, 1.82) is 0 Å². The van der Waals surface area contributed by atoms with E-state index in [-0.39, 0.29) is 0 Å². The maximum atomic E-state index is 5.98. The fraction of sp³-hybridized carbons (Fsp3) is 0.500. The van der Waals surface area contributed by atoms with E-state index in [0.29, 0.717) is 0 Å². The minimum atomic E-state index is 0.764. The SMILES string of the molecule is CC/C=C(\CC)N(CCN(N)CC)c1ccc(Cl)cc1. The van der Waals surface area contributed by atoms with Gasteiger partial charge in [0.05, 0.1) is 0 Å². The largest absolute Gasteiger partial charge is 0.344 e. The Hall–Kier alpha value is -1.03. The number of nitrogens with zero attached hydrogens (tertiary/aromatic N) is 2. The van der Waals surface area contributed by atoms with E-state index in [2.05, 4.69) is 43.9 Å². The lowest BCUT2D eigenvalue weighted by Crippen LogP contribution is -2.38. The van der Waals surface area contributed by atoms with Gasteiger partial charge in [0.25, 0.3) is 0 Å². The van der Waals surface area contributed by atoms with Crippen molar-refractivity contribution < 1.29 is 0 Å². The number of anilines is 1. The van der Waals surface area contributed by atoms with Crippen LogP contribution in [0.3, 0.4) is 0 Å². The molecule has 0 saturated heterocycles. The molecule has 0 aliphatic heterocycles. The van der Waals surface area contributed by atoms with Crippen LogP contribution in [0.2, 0.25) is 5.02 Å². The number of hydrazine groups is 1. The molecule has 0 saturated carbocycles. The molecule has 1 aromatic rings. The van der Waals surface area contributed by atoms with E-state index in [4.69, 9.17) is 17.4 Å². The van der Waals surface area contributed by atoms with E-state index >= 15 is 0 Å². The number of nitrogens with two attached hydrogens (primary N) is 1. The summed E-state index contributed by atoms with van der Waals surface area (Å²) >= 11 is 5.98. The van der Waals surface area contributed by atoms with Crippen LogP contribution in [0.1, 0.15) is 33.6 Å². The van der Waals surface area contributed by atoms with Gasteiger partial charge in [-0.15, -0.1) is 0 Å². The van der Waals surface area contributed by atoms with Crippen molar-refractivity contribution >= 4 is 17.3 Å². The highest BCUT2D eigenvalue weighted by atomic mass is 35.5. The molecule has 0 aliphatic carbocycles. The second-order valence-corrected chi connectivity index (χ2v) is 5.15. The van der Waals surface area contributed by atoms with Crippen LogP contribution in [0.25, 0.3) is 0 Å². The predicted octanol–water partition coefficient (Wildman–Crippen LogP) is 4.05. The summed E-state index contributed by atoms with van der Waals surface area (Å²) in [7, 11) is 0. The van der Waals surface area contributed by atoms with Crippen molar-refractivity contribution in [2.75, 3.05) is 24.5 Å². The molecule has 0 heterocycles. The smallest absolute Gasteiger partial charge is 0.0409 e. The molecular weight excluding hydrogens is 270 g/mol.